The lowest BCUT2D eigenvalue weighted by molar-refractivity contribution is -0.111. The minimum Gasteiger partial charge on any atom is -0.495 e. The summed E-state index contributed by atoms with van der Waals surface area (Å²) in [5.41, 5.74) is 2.12. The van der Waals surface area contributed by atoms with Crippen LogP contribution in [0, 0.1) is 0 Å². The van der Waals surface area contributed by atoms with E-state index in [-0.39, 0.29) is 11.7 Å². The van der Waals surface area contributed by atoms with Gasteiger partial charge in [0.25, 0.3) is 11.8 Å². The number of anilines is 2. The van der Waals surface area contributed by atoms with Crippen LogP contribution in [0.1, 0.15) is 26.3 Å². The highest BCUT2D eigenvalue weighted by molar-refractivity contribution is 9.11. The van der Waals surface area contributed by atoms with Gasteiger partial charge in [-0.15, -0.1) is 0 Å². The van der Waals surface area contributed by atoms with E-state index in [1.54, 1.807) is 55.7 Å². The minimum atomic E-state index is -0.423. The topological polar surface area (TPSA) is 84.9 Å². The van der Waals surface area contributed by atoms with E-state index in [0.717, 1.165) is 13.8 Å². The molecule has 0 bridgehead atoms. The van der Waals surface area contributed by atoms with Crippen LogP contribution < -0.4 is 19.7 Å². The molecule has 172 valence electrons. The molecule has 1 aliphatic heterocycles. The molecule has 0 atom stereocenters. The summed E-state index contributed by atoms with van der Waals surface area (Å²) in [6.45, 7) is 0. The number of benzene rings is 3. The molecule has 3 aromatic carbocycles. The van der Waals surface area contributed by atoms with Gasteiger partial charge in [0, 0.05) is 27.9 Å². The summed E-state index contributed by atoms with van der Waals surface area (Å²) in [5.74, 6) is -0.359. The number of carbonyl (C=O) groups excluding carboxylic acids is 3. The summed E-state index contributed by atoms with van der Waals surface area (Å²) in [4.78, 5) is 39.2. The Balaban J connectivity index is 1.55. The van der Waals surface area contributed by atoms with Crippen LogP contribution in [0.3, 0.4) is 0 Å². The number of nitrogens with zero attached hydrogens (tertiary/aromatic N) is 1. The van der Waals surface area contributed by atoms with Crippen molar-refractivity contribution in [1.29, 1.82) is 0 Å². The Hall–Kier alpha value is -3.43. The highest BCUT2D eigenvalue weighted by Crippen LogP contribution is 2.37. The summed E-state index contributed by atoms with van der Waals surface area (Å²) in [5, 5.41) is 2.75. The molecule has 7 nitrogen and oxygen atoms in total. The molecule has 9 heteroatoms. The van der Waals surface area contributed by atoms with Gasteiger partial charge in [0.1, 0.15) is 11.5 Å². The SMILES string of the molecule is COc1cc(NC(=O)/C=C/c2cc(Br)cc(Br)c2OC)ccc1N1C(=O)c2ccccc2C1=O. The number of hydrogen-bond donors (Lipinski definition) is 1. The van der Waals surface area contributed by atoms with Crippen molar-refractivity contribution in [3.05, 3.63) is 86.3 Å². The van der Waals surface area contributed by atoms with E-state index < -0.39 is 11.8 Å². The van der Waals surface area contributed by atoms with Crippen LogP contribution in [0.5, 0.6) is 11.5 Å². The van der Waals surface area contributed by atoms with E-state index in [9.17, 15) is 14.4 Å². The van der Waals surface area contributed by atoms with E-state index >= 15 is 0 Å². The second kappa shape index (κ2) is 9.82. The van der Waals surface area contributed by atoms with Crippen LogP contribution in [0.4, 0.5) is 11.4 Å². The Labute approximate surface area is 212 Å². The summed E-state index contributed by atoms with van der Waals surface area (Å²) >= 11 is 6.85. The van der Waals surface area contributed by atoms with Crippen LogP contribution in [-0.2, 0) is 4.79 Å². The summed E-state index contributed by atoms with van der Waals surface area (Å²) in [6.07, 6.45) is 3.01. The fourth-order valence-corrected chi connectivity index (χ4v) is 5.04. The van der Waals surface area contributed by atoms with E-state index in [2.05, 4.69) is 37.2 Å². The van der Waals surface area contributed by atoms with Gasteiger partial charge < -0.3 is 14.8 Å². The third-order valence-corrected chi connectivity index (χ3v) is 6.18. The Morgan fingerprint density at radius 1 is 0.941 bits per heavy atom. The molecule has 3 aromatic rings. The maximum absolute atomic E-state index is 12.8. The molecule has 3 amide bonds. The second-order valence-corrected chi connectivity index (χ2v) is 8.98. The number of methoxy groups -OCH3 is 2. The molecule has 0 aromatic heterocycles. The first-order valence-electron chi connectivity index (χ1n) is 10.0. The lowest BCUT2D eigenvalue weighted by atomic mass is 10.1. The zero-order chi connectivity index (χ0) is 24.4. The van der Waals surface area contributed by atoms with Crippen LogP contribution in [0.2, 0.25) is 0 Å². The van der Waals surface area contributed by atoms with Gasteiger partial charge >= 0.3 is 0 Å². The minimum absolute atomic E-state index is 0.272. The van der Waals surface area contributed by atoms with Crippen molar-refractivity contribution in [2.45, 2.75) is 0 Å². The molecule has 1 heterocycles. The number of hydrogen-bond acceptors (Lipinski definition) is 5. The molecule has 0 spiro atoms. The van der Waals surface area contributed by atoms with Crippen molar-refractivity contribution < 1.29 is 23.9 Å². The fraction of sp³-hybridized carbons (Fsp3) is 0.0800. The van der Waals surface area contributed by atoms with Gasteiger partial charge in [0.2, 0.25) is 5.91 Å². The maximum Gasteiger partial charge on any atom is 0.266 e. The highest BCUT2D eigenvalue weighted by atomic mass is 79.9. The van der Waals surface area contributed by atoms with Crippen molar-refractivity contribution in [3.63, 3.8) is 0 Å². The molecule has 0 saturated carbocycles. The van der Waals surface area contributed by atoms with Gasteiger partial charge in [0.15, 0.2) is 0 Å². The highest BCUT2D eigenvalue weighted by Gasteiger charge is 2.37. The Kier molecular flexibility index (Phi) is 6.85. The van der Waals surface area contributed by atoms with Crippen molar-refractivity contribution >= 4 is 67.0 Å². The van der Waals surface area contributed by atoms with Crippen LogP contribution in [0.25, 0.3) is 6.08 Å². The van der Waals surface area contributed by atoms with Crippen molar-refractivity contribution in [2.75, 3.05) is 24.4 Å². The molecule has 4 rings (SSSR count). The standard InChI is InChI=1S/C25H18Br2N2O5/c1-33-21-13-16(28-22(30)10-7-14-11-15(26)12-19(27)23(14)34-2)8-9-20(21)29-24(31)17-5-3-4-6-18(17)25(29)32/h3-13H,1-2H3,(H,28,30)/b10-7+. The predicted octanol–water partition coefficient (Wildman–Crippen LogP) is 5.68. The summed E-state index contributed by atoms with van der Waals surface area (Å²) < 4.78 is 12.4. The number of ether oxygens (including phenoxy) is 2. The smallest absolute Gasteiger partial charge is 0.266 e. The lowest BCUT2D eigenvalue weighted by Gasteiger charge is -2.18. The van der Waals surface area contributed by atoms with Crippen LogP contribution in [0.15, 0.2) is 69.6 Å². The van der Waals surface area contributed by atoms with Crippen molar-refractivity contribution in [3.8, 4) is 11.5 Å². The number of carbonyl (C=O) groups is 3. The summed E-state index contributed by atoms with van der Waals surface area (Å²) in [6, 6.07) is 15.0. The molecule has 1 N–H and O–H groups in total. The Morgan fingerprint density at radius 2 is 1.62 bits per heavy atom. The number of nitrogens with one attached hydrogen (secondary N) is 1. The van der Waals surface area contributed by atoms with E-state index in [1.807, 2.05) is 12.1 Å². The van der Waals surface area contributed by atoms with Gasteiger partial charge in [-0.3, -0.25) is 14.4 Å². The van der Waals surface area contributed by atoms with E-state index in [1.165, 1.54) is 13.2 Å². The third-order valence-electron chi connectivity index (χ3n) is 5.14. The molecule has 0 aliphatic carbocycles. The first-order valence-corrected chi connectivity index (χ1v) is 11.6. The number of amides is 3. The Bertz CT molecular complexity index is 1320. The van der Waals surface area contributed by atoms with E-state index in [4.69, 9.17) is 9.47 Å². The molecular formula is C25H18Br2N2O5. The molecular weight excluding hydrogens is 568 g/mol. The average molecular weight is 586 g/mol. The third kappa shape index (κ3) is 4.49. The molecule has 0 saturated heterocycles. The number of halogens is 2. The number of rotatable bonds is 6. The zero-order valence-corrected chi connectivity index (χ0v) is 21.3. The van der Waals surface area contributed by atoms with Gasteiger partial charge in [0.05, 0.1) is 35.5 Å². The molecule has 34 heavy (non-hydrogen) atoms. The van der Waals surface area contributed by atoms with Gasteiger partial charge in [-0.05, 0) is 58.4 Å². The first kappa shape index (κ1) is 23.7. The van der Waals surface area contributed by atoms with Crippen molar-refractivity contribution in [1.82, 2.24) is 0 Å². The largest absolute Gasteiger partial charge is 0.495 e. The van der Waals surface area contributed by atoms with Gasteiger partial charge in [-0.25, -0.2) is 4.90 Å². The fourth-order valence-electron chi connectivity index (χ4n) is 3.62. The van der Waals surface area contributed by atoms with E-state index in [0.29, 0.717) is 33.8 Å². The quantitative estimate of drug-likeness (QED) is 0.297. The molecule has 1 aliphatic rings. The lowest BCUT2D eigenvalue weighted by Crippen LogP contribution is -2.29. The van der Waals surface area contributed by atoms with Gasteiger partial charge in [-0.2, -0.15) is 0 Å². The predicted molar refractivity (Wildman–Crippen MR) is 137 cm³/mol. The zero-order valence-electron chi connectivity index (χ0n) is 18.1. The monoisotopic (exact) mass is 584 g/mol. The number of fused-ring (bicyclic) bond motifs is 1. The van der Waals surface area contributed by atoms with Crippen LogP contribution >= 0.6 is 31.9 Å². The van der Waals surface area contributed by atoms with Gasteiger partial charge in [-0.1, -0.05) is 28.1 Å². The average Bonchev–Trinajstić information content (AvgIpc) is 3.07. The Morgan fingerprint density at radius 3 is 2.24 bits per heavy atom. The molecule has 0 fully saturated rings. The molecule has 0 radical (unpaired) electrons. The molecule has 0 unspecified atom stereocenters. The number of imide groups is 1. The maximum atomic E-state index is 12.8. The first-order chi connectivity index (χ1) is 16.3. The second-order valence-electron chi connectivity index (χ2n) is 7.21. The van der Waals surface area contributed by atoms with Crippen molar-refractivity contribution in [2.24, 2.45) is 0 Å². The normalized spacial score (nSPS) is 12.8. The van der Waals surface area contributed by atoms with Crippen LogP contribution in [-0.4, -0.2) is 31.9 Å². The summed E-state index contributed by atoms with van der Waals surface area (Å²) in [7, 11) is 2.98.